The van der Waals surface area contributed by atoms with E-state index < -0.39 is 5.82 Å². The molecule has 0 aliphatic carbocycles. The topological polar surface area (TPSA) is 32.3 Å². The molecule has 0 radical (unpaired) electrons. The van der Waals surface area contributed by atoms with E-state index in [0.717, 1.165) is 12.8 Å². The Morgan fingerprint density at radius 2 is 2.26 bits per heavy atom. The van der Waals surface area contributed by atoms with Crippen LogP contribution in [0, 0.1) is 5.82 Å². The van der Waals surface area contributed by atoms with Crippen molar-refractivity contribution in [2.75, 3.05) is 20.1 Å². The molecule has 1 saturated heterocycles. The molecule has 0 saturated carbocycles. The van der Waals surface area contributed by atoms with E-state index in [1.807, 2.05) is 7.05 Å². The highest BCUT2D eigenvalue weighted by Crippen LogP contribution is 2.23. The van der Waals surface area contributed by atoms with Gasteiger partial charge in [-0.15, -0.1) is 12.4 Å². The van der Waals surface area contributed by atoms with Crippen molar-refractivity contribution in [2.45, 2.75) is 18.9 Å². The number of halogens is 3. The fourth-order valence-electron chi connectivity index (χ4n) is 2.26. The van der Waals surface area contributed by atoms with Crippen molar-refractivity contribution in [3.8, 4) is 0 Å². The van der Waals surface area contributed by atoms with E-state index in [9.17, 15) is 9.18 Å². The molecular weight excluding hydrogens is 335 g/mol. The number of rotatable bonds is 2. The summed E-state index contributed by atoms with van der Waals surface area (Å²) in [5, 5.41) is 3.17. The van der Waals surface area contributed by atoms with Gasteiger partial charge in [0.1, 0.15) is 5.82 Å². The summed E-state index contributed by atoms with van der Waals surface area (Å²) in [7, 11) is 1.89. The highest BCUT2D eigenvalue weighted by atomic mass is 79.9. The molecule has 3 nitrogen and oxygen atoms in total. The maximum absolute atomic E-state index is 13.7. The van der Waals surface area contributed by atoms with Crippen LogP contribution in [-0.2, 0) is 0 Å². The Bertz CT molecular complexity index is 438. The molecule has 19 heavy (non-hydrogen) atoms. The van der Waals surface area contributed by atoms with Crippen LogP contribution in [0.1, 0.15) is 23.2 Å². The monoisotopic (exact) mass is 350 g/mol. The van der Waals surface area contributed by atoms with Crippen molar-refractivity contribution >= 4 is 34.2 Å². The zero-order valence-electron chi connectivity index (χ0n) is 10.7. The molecular formula is C13H17BrClFN2O. The standard InChI is InChI=1S/C13H16BrFN2O.ClH/c1-16-9-4-3-7-17(8-9)13(18)12-10(14)5-2-6-11(12)15;/h2,5-6,9,16H,3-4,7-8H2,1H3;1H. The lowest BCUT2D eigenvalue weighted by atomic mass is 10.0. The number of likely N-dealkylation sites (N-methyl/N-ethyl adjacent to an activating group) is 1. The normalized spacial score (nSPS) is 18.9. The number of carbonyl (C=O) groups is 1. The van der Waals surface area contributed by atoms with Crippen LogP contribution in [0.25, 0.3) is 0 Å². The van der Waals surface area contributed by atoms with E-state index in [4.69, 9.17) is 0 Å². The highest BCUT2D eigenvalue weighted by molar-refractivity contribution is 9.10. The first-order valence-electron chi connectivity index (χ1n) is 6.04. The number of nitrogens with zero attached hydrogens (tertiary/aromatic N) is 1. The Morgan fingerprint density at radius 1 is 1.53 bits per heavy atom. The van der Waals surface area contributed by atoms with Gasteiger partial charge in [-0.1, -0.05) is 6.07 Å². The second-order valence-electron chi connectivity index (χ2n) is 4.48. The smallest absolute Gasteiger partial charge is 0.258 e. The van der Waals surface area contributed by atoms with Gasteiger partial charge in [-0.05, 0) is 48.0 Å². The van der Waals surface area contributed by atoms with Gasteiger partial charge >= 0.3 is 0 Å². The summed E-state index contributed by atoms with van der Waals surface area (Å²) in [5.41, 5.74) is 0.134. The van der Waals surface area contributed by atoms with Gasteiger partial charge < -0.3 is 10.2 Å². The van der Waals surface area contributed by atoms with Crippen LogP contribution in [0.5, 0.6) is 0 Å². The van der Waals surface area contributed by atoms with Crippen molar-refractivity contribution < 1.29 is 9.18 Å². The summed E-state index contributed by atoms with van der Waals surface area (Å²) >= 11 is 3.24. The van der Waals surface area contributed by atoms with Crippen molar-refractivity contribution in [3.63, 3.8) is 0 Å². The Labute approximate surface area is 127 Å². The van der Waals surface area contributed by atoms with Crippen LogP contribution in [0.4, 0.5) is 4.39 Å². The first kappa shape index (κ1) is 16.4. The van der Waals surface area contributed by atoms with E-state index in [2.05, 4.69) is 21.2 Å². The van der Waals surface area contributed by atoms with E-state index >= 15 is 0 Å². The van der Waals surface area contributed by atoms with Gasteiger partial charge in [0, 0.05) is 23.6 Å². The number of carbonyl (C=O) groups excluding carboxylic acids is 1. The first-order chi connectivity index (χ1) is 8.63. The van der Waals surface area contributed by atoms with E-state index in [1.165, 1.54) is 6.07 Å². The van der Waals surface area contributed by atoms with Crippen molar-refractivity contribution in [1.82, 2.24) is 10.2 Å². The average Bonchev–Trinajstić information content (AvgIpc) is 2.38. The third-order valence-electron chi connectivity index (χ3n) is 3.29. The molecule has 1 heterocycles. The summed E-state index contributed by atoms with van der Waals surface area (Å²) in [6, 6.07) is 4.89. The van der Waals surface area contributed by atoms with Gasteiger partial charge in [0.15, 0.2) is 0 Å². The minimum Gasteiger partial charge on any atom is -0.337 e. The number of piperidine rings is 1. The number of hydrogen-bond acceptors (Lipinski definition) is 2. The molecule has 1 aromatic rings. The Kier molecular flexibility index (Phi) is 6.23. The molecule has 0 spiro atoms. The molecule has 1 aliphatic rings. The van der Waals surface area contributed by atoms with Gasteiger partial charge in [-0.2, -0.15) is 0 Å². The second-order valence-corrected chi connectivity index (χ2v) is 5.33. The van der Waals surface area contributed by atoms with Crippen molar-refractivity contribution in [3.05, 3.63) is 34.1 Å². The predicted octanol–water partition coefficient (Wildman–Crippen LogP) is 2.83. The minimum atomic E-state index is -0.471. The van der Waals surface area contributed by atoms with Crippen LogP contribution in [0.2, 0.25) is 0 Å². The Hall–Kier alpha value is -0.650. The highest BCUT2D eigenvalue weighted by Gasteiger charge is 2.26. The molecule has 106 valence electrons. The van der Waals surface area contributed by atoms with Gasteiger partial charge in [0.25, 0.3) is 5.91 Å². The molecule has 2 rings (SSSR count). The fourth-order valence-corrected chi connectivity index (χ4v) is 2.77. The van der Waals surface area contributed by atoms with E-state index in [1.54, 1.807) is 17.0 Å². The summed E-state index contributed by atoms with van der Waals surface area (Å²) < 4.78 is 14.3. The number of nitrogens with one attached hydrogen (secondary N) is 1. The molecule has 1 aromatic carbocycles. The summed E-state index contributed by atoms with van der Waals surface area (Å²) in [5.74, 6) is -0.708. The van der Waals surface area contributed by atoms with Crippen LogP contribution >= 0.6 is 28.3 Å². The fraction of sp³-hybridized carbons (Fsp3) is 0.462. The van der Waals surface area contributed by atoms with E-state index in [-0.39, 0.29) is 23.9 Å². The second kappa shape index (κ2) is 7.22. The molecule has 0 aromatic heterocycles. The first-order valence-corrected chi connectivity index (χ1v) is 6.83. The molecule has 6 heteroatoms. The molecule has 1 amide bonds. The molecule has 1 fully saturated rings. The van der Waals surface area contributed by atoms with Crippen LogP contribution in [0.3, 0.4) is 0 Å². The summed E-state index contributed by atoms with van der Waals surface area (Å²) in [6.45, 7) is 1.33. The Balaban J connectivity index is 0.00000180. The van der Waals surface area contributed by atoms with Crippen molar-refractivity contribution in [2.24, 2.45) is 0 Å². The van der Waals surface area contributed by atoms with Crippen LogP contribution in [0.15, 0.2) is 22.7 Å². The largest absolute Gasteiger partial charge is 0.337 e. The quantitative estimate of drug-likeness (QED) is 0.888. The average molecular weight is 352 g/mol. The van der Waals surface area contributed by atoms with Gasteiger partial charge in [-0.3, -0.25) is 4.79 Å². The molecule has 0 bridgehead atoms. The third kappa shape index (κ3) is 3.68. The third-order valence-corrected chi connectivity index (χ3v) is 3.95. The Morgan fingerprint density at radius 3 is 2.89 bits per heavy atom. The lowest BCUT2D eigenvalue weighted by molar-refractivity contribution is 0.0692. The molecule has 1 N–H and O–H groups in total. The number of likely N-dealkylation sites (tertiary alicyclic amines) is 1. The molecule has 1 atom stereocenters. The van der Waals surface area contributed by atoms with Gasteiger partial charge in [-0.25, -0.2) is 4.39 Å². The van der Waals surface area contributed by atoms with E-state index in [0.29, 0.717) is 23.6 Å². The lowest BCUT2D eigenvalue weighted by Gasteiger charge is -2.32. The van der Waals surface area contributed by atoms with Crippen LogP contribution < -0.4 is 5.32 Å². The SMILES string of the molecule is CNC1CCCN(C(=O)c2c(F)cccc2Br)C1.Cl. The van der Waals surface area contributed by atoms with Crippen LogP contribution in [-0.4, -0.2) is 37.0 Å². The maximum Gasteiger partial charge on any atom is 0.258 e. The summed E-state index contributed by atoms with van der Waals surface area (Å²) in [4.78, 5) is 14.0. The van der Waals surface area contributed by atoms with Gasteiger partial charge in [0.05, 0.1) is 5.56 Å². The number of amides is 1. The predicted molar refractivity (Wildman–Crippen MR) is 79.3 cm³/mol. The minimum absolute atomic E-state index is 0. The number of hydrogen-bond donors (Lipinski definition) is 1. The lowest BCUT2D eigenvalue weighted by Crippen LogP contribution is -2.47. The van der Waals surface area contributed by atoms with Gasteiger partial charge in [0.2, 0.25) is 0 Å². The molecule has 1 unspecified atom stereocenters. The zero-order valence-corrected chi connectivity index (χ0v) is 13.1. The van der Waals surface area contributed by atoms with Crippen molar-refractivity contribution in [1.29, 1.82) is 0 Å². The number of benzene rings is 1. The summed E-state index contributed by atoms with van der Waals surface area (Å²) in [6.07, 6.45) is 2.00. The zero-order chi connectivity index (χ0) is 13.1. The molecule has 1 aliphatic heterocycles. The maximum atomic E-state index is 13.7.